The van der Waals surface area contributed by atoms with Crippen LogP contribution in [0.4, 0.5) is 10.8 Å². The number of nitrogen functional groups attached to an aromatic ring is 1. The predicted octanol–water partition coefficient (Wildman–Crippen LogP) is 1.22. The van der Waals surface area contributed by atoms with Crippen LogP contribution in [0.2, 0.25) is 0 Å². The molecule has 0 spiro atoms. The molecule has 0 aliphatic heterocycles. The van der Waals surface area contributed by atoms with Gasteiger partial charge in [0.1, 0.15) is 9.90 Å². The summed E-state index contributed by atoms with van der Waals surface area (Å²) in [6.07, 6.45) is 5.26. The minimum atomic E-state index is -3.38. The van der Waals surface area contributed by atoms with Gasteiger partial charge in [0.2, 0.25) is 0 Å². The van der Waals surface area contributed by atoms with Gasteiger partial charge in [0, 0.05) is 25.0 Å². The Balaban J connectivity index is 2.18. The monoisotopic (exact) mass is 315 g/mol. The SMILES string of the molecule is CCS(=O)(=O)c1c(N)nsc1NC(C)Cn1ccnc1. The molecule has 110 valence electrons. The van der Waals surface area contributed by atoms with E-state index in [1.807, 2.05) is 17.7 Å². The average molecular weight is 315 g/mol. The molecule has 0 saturated heterocycles. The van der Waals surface area contributed by atoms with Crippen LogP contribution >= 0.6 is 11.5 Å². The van der Waals surface area contributed by atoms with Crippen molar-refractivity contribution in [2.45, 2.75) is 31.3 Å². The van der Waals surface area contributed by atoms with Crippen molar-refractivity contribution in [2.24, 2.45) is 0 Å². The van der Waals surface area contributed by atoms with E-state index in [1.165, 1.54) is 0 Å². The van der Waals surface area contributed by atoms with E-state index in [0.717, 1.165) is 11.5 Å². The number of nitrogens with zero attached hydrogens (tertiary/aromatic N) is 3. The van der Waals surface area contributed by atoms with Gasteiger partial charge in [-0.05, 0) is 18.5 Å². The number of sulfone groups is 1. The van der Waals surface area contributed by atoms with Gasteiger partial charge in [-0.2, -0.15) is 4.37 Å². The van der Waals surface area contributed by atoms with Crippen LogP contribution in [0.25, 0.3) is 0 Å². The molecule has 1 unspecified atom stereocenters. The number of hydrogen-bond acceptors (Lipinski definition) is 7. The predicted molar refractivity (Wildman–Crippen MR) is 79.6 cm³/mol. The second-order valence-corrected chi connectivity index (χ2v) is 7.42. The first kappa shape index (κ1) is 14.8. The Hall–Kier alpha value is -1.61. The molecule has 0 radical (unpaired) electrons. The van der Waals surface area contributed by atoms with Gasteiger partial charge in [-0.25, -0.2) is 13.4 Å². The van der Waals surface area contributed by atoms with Crippen molar-refractivity contribution >= 4 is 32.2 Å². The van der Waals surface area contributed by atoms with E-state index < -0.39 is 9.84 Å². The fourth-order valence-electron chi connectivity index (χ4n) is 1.81. The molecular formula is C11H17N5O2S2. The zero-order chi connectivity index (χ0) is 14.8. The maximum absolute atomic E-state index is 12.0. The van der Waals surface area contributed by atoms with Gasteiger partial charge in [-0.1, -0.05) is 6.92 Å². The zero-order valence-corrected chi connectivity index (χ0v) is 12.9. The molecule has 0 aromatic carbocycles. The molecule has 7 nitrogen and oxygen atoms in total. The van der Waals surface area contributed by atoms with Crippen molar-refractivity contribution in [2.75, 3.05) is 16.8 Å². The third-order valence-corrected chi connectivity index (χ3v) is 5.50. The van der Waals surface area contributed by atoms with Crippen LogP contribution < -0.4 is 11.1 Å². The Kier molecular flexibility index (Phi) is 4.29. The van der Waals surface area contributed by atoms with Crippen LogP contribution in [-0.2, 0) is 16.4 Å². The lowest BCUT2D eigenvalue weighted by Gasteiger charge is -2.15. The van der Waals surface area contributed by atoms with E-state index in [2.05, 4.69) is 14.7 Å². The molecule has 3 N–H and O–H groups in total. The largest absolute Gasteiger partial charge is 0.382 e. The topological polar surface area (TPSA) is 103 Å². The number of anilines is 2. The number of aromatic nitrogens is 3. The van der Waals surface area contributed by atoms with E-state index in [0.29, 0.717) is 11.5 Å². The molecule has 0 saturated carbocycles. The van der Waals surface area contributed by atoms with Crippen molar-refractivity contribution < 1.29 is 8.42 Å². The highest BCUT2D eigenvalue weighted by atomic mass is 32.2. The second-order valence-electron chi connectivity index (χ2n) is 4.43. The molecule has 0 bridgehead atoms. The molecular weight excluding hydrogens is 298 g/mol. The van der Waals surface area contributed by atoms with Gasteiger partial charge in [0.05, 0.1) is 12.1 Å². The lowest BCUT2D eigenvalue weighted by Crippen LogP contribution is -2.22. The third kappa shape index (κ3) is 3.10. The van der Waals surface area contributed by atoms with Gasteiger partial charge >= 0.3 is 0 Å². The first-order valence-corrected chi connectivity index (χ1v) is 8.56. The van der Waals surface area contributed by atoms with Gasteiger partial charge in [-0.15, -0.1) is 0 Å². The fraction of sp³-hybridized carbons (Fsp3) is 0.455. The van der Waals surface area contributed by atoms with E-state index in [9.17, 15) is 8.42 Å². The maximum atomic E-state index is 12.0. The Labute approximate surface area is 121 Å². The molecule has 0 aliphatic carbocycles. The standard InChI is InChI=1S/C11H17N5O2S2/c1-3-20(17,18)9-10(12)15-19-11(9)14-8(2)6-16-5-4-13-7-16/h4-5,7-8,14H,3,6H2,1-2H3,(H2,12,15). The van der Waals surface area contributed by atoms with Gasteiger partial charge < -0.3 is 15.6 Å². The molecule has 1 atom stereocenters. The van der Waals surface area contributed by atoms with E-state index in [-0.39, 0.29) is 22.5 Å². The molecule has 2 aromatic heterocycles. The van der Waals surface area contributed by atoms with Crippen LogP contribution in [0.15, 0.2) is 23.6 Å². The summed E-state index contributed by atoms with van der Waals surface area (Å²) in [6, 6.07) is 0.0230. The molecule has 2 rings (SSSR count). The van der Waals surface area contributed by atoms with Gasteiger partial charge in [0.25, 0.3) is 0 Å². The molecule has 0 amide bonds. The molecule has 9 heteroatoms. The Bertz CT molecular complexity index is 663. The maximum Gasteiger partial charge on any atom is 0.184 e. The van der Waals surface area contributed by atoms with Crippen molar-refractivity contribution in [3.63, 3.8) is 0 Å². The van der Waals surface area contributed by atoms with Crippen LogP contribution in [0.5, 0.6) is 0 Å². The van der Waals surface area contributed by atoms with Crippen LogP contribution in [-0.4, -0.2) is 34.1 Å². The Morgan fingerprint density at radius 3 is 2.90 bits per heavy atom. The third-order valence-electron chi connectivity index (χ3n) is 2.79. The number of imidazole rings is 1. The number of nitrogens with two attached hydrogens (primary N) is 1. The molecule has 2 aromatic rings. The van der Waals surface area contributed by atoms with Crippen molar-refractivity contribution in [1.29, 1.82) is 0 Å². The summed E-state index contributed by atoms with van der Waals surface area (Å²) >= 11 is 1.07. The highest BCUT2D eigenvalue weighted by molar-refractivity contribution is 7.91. The van der Waals surface area contributed by atoms with Crippen LogP contribution in [0.3, 0.4) is 0 Å². The first-order chi connectivity index (χ1) is 9.44. The number of hydrogen-bond donors (Lipinski definition) is 2. The van der Waals surface area contributed by atoms with Crippen LogP contribution in [0, 0.1) is 0 Å². The summed E-state index contributed by atoms with van der Waals surface area (Å²) in [7, 11) is -3.38. The summed E-state index contributed by atoms with van der Waals surface area (Å²) in [5, 5.41) is 3.66. The quantitative estimate of drug-likeness (QED) is 0.830. The highest BCUT2D eigenvalue weighted by Gasteiger charge is 2.24. The summed E-state index contributed by atoms with van der Waals surface area (Å²) in [5.74, 6) is 0.0642. The first-order valence-electron chi connectivity index (χ1n) is 6.14. The van der Waals surface area contributed by atoms with Crippen molar-refractivity contribution in [3.8, 4) is 0 Å². The Morgan fingerprint density at radius 1 is 1.55 bits per heavy atom. The minimum Gasteiger partial charge on any atom is -0.382 e. The summed E-state index contributed by atoms with van der Waals surface area (Å²) in [4.78, 5) is 4.08. The smallest absolute Gasteiger partial charge is 0.184 e. The fourth-order valence-corrected chi connectivity index (χ4v) is 4.08. The molecule has 0 aliphatic rings. The minimum absolute atomic E-state index is 0.000193. The van der Waals surface area contributed by atoms with E-state index >= 15 is 0 Å². The highest BCUT2D eigenvalue weighted by Crippen LogP contribution is 2.32. The van der Waals surface area contributed by atoms with Gasteiger partial charge in [0.15, 0.2) is 15.7 Å². The lowest BCUT2D eigenvalue weighted by molar-refractivity contribution is 0.596. The van der Waals surface area contributed by atoms with Crippen LogP contribution in [0.1, 0.15) is 13.8 Å². The lowest BCUT2D eigenvalue weighted by atomic mass is 10.3. The number of nitrogens with one attached hydrogen (secondary N) is 1. The van der Waals surface area contributed by atoms with Crippen molar-refractivity contribution in [1.82, 2.24) is 13.9 Å². The zero-order valence-electron chi connectivity index (χ0n) is 11.3. The summed E-state index contributed by atoms with van der Waals surface area (Å²) in [6.45, 7) is 4.22. The van der Waals surface area contributed by atoms with Crippen molar-refractivity contribution in [3.05, 3.63) is 18.7 Å². The molecule has 20 heavy (non-hydrogen) atoms. The summed E-state index contributed by atoms with van der Waals surface area (Å²) in [5.41, 5.74) is 5.68. The van der Waals surface area contributed by atoms with Gasteiger partial charge in [-0.3, -0.25) is 0 Å². The molecule has 2 heterocycles. The second kappa shape index (κ2) is 5.80. The van der Waals surface area contributed by atoms with E-state index in [1.54, 1.807) is 19.4 Å². The summed E-state index contributed by atoms with van der Waals surface area (Å²) < 4.78 is 29.9. The normalized spacial score (nSPS) is 13.3. The average Bonchev–Trinajstić information content (AvgIpc) is 3.00. The van der Waals surface area contributed by atoms with E-state index in [4.69, 9.17) is 5.73 Å². The number of rotatable bonds is 6. The Morgan fingerprint density at radius 2 is 2.30 bits per heavy atom. The molecule has 0 fully saturated rings.